The Balaban J connectivity index is 1.20. The minimum Gasteiger partial charge on any atom is -0.493 e. The number of nitrogens with one attached hydrogen (secondary N) is 1. The van der Waals surface area contributed by atoms with Gasteiger partial charge in [0.25, 0.3) is 0 Å². The van der Waals surface area contributed by atoms with E-state index in [2.05, 4.69) is 28.5 Å². The highest BCUT2D eigenvalue weighted by molar-refractivity contribution is 7.14. The highest BCUT2D eigenvalue weighted by Gasteiger charge is 2.12. The van der Waals surface area contributed by atoms with Crippen LogP contribution in [0.4, 0.5) is 5.13 Å². The molecule has 3 aromatic carbocycles. The van der Waals surface area contributed by atoms with Gasteiger partial charge in [0.1, 0.15) is 6.61 Å². The number of aromatic nitrogens is 1. The van der Waals surface area contributed by atoms with Gasteiger partial charge in [0.2, 0.25) is 5.91 Å². The summed E-state index contributed by atoms with van der Waals surface area (Å²) in [6.45, 7) is 0.454. The molecule has 0 saturated heterocycles. The first kappa shape index (κ1) is 23.8. The van der Waals surface area contributed by atoms with E-state index < -0.39 is 0 Å². The van der Waals surface area contributed by atoms with Gasteiger partial charge >= 0.3 is 0 Å². The number of methoxy groups -OCH3 is 1. The van der Waals surface area contributed by atoms with Gasteiger partial charge < -0.3 is 9.47 Å². The molecule has 0 saturated carbocycles. The van der Waals surface area contributed by atoms with Crippen LogP contribution in [0.3, 0.4) is 0 Å². The molecule has 0 unspecified atom stereocenters. The van der Waals surface area contributed by atoms with Crippen molar-refractivity contribution in [2.45, 2.75) is 32.3 Å². The SMILES string of the molecule is COc1cc(/C=C/C(=O)Nc2nc(-c3ccc4c(c3)CCCC4)cs2)ccc1OCc1ccccc1. The maximum Gasteiger partial charge on any atom is 0.250 e. The van der Waals surface area contributed by atoms with Crippen LogP contribution < -0.4 is 14.8 Å². The van der Waals surface area contributed by atoms with E-state index in [-0.39, 0.29) is 5.91 Å². The molecule has 0 bridgehead atoms. The van der Waals surface area contributed by atoms with E-state index in [9.17, 15) is 4.79 Å². The molecule has 1 N–H and O–H groups in total. The highest BCUT2D eigenvalue weighted by atomic mass is 32.1. The second-order valence-electron chi connectivity index (χ2n) is 8.74. The molecule has 1 aliphatic carbocycles. The number of carbonyl (C=O) groups is 1. The van der Waals surface area contributed by atoms with Crippen LogP contribution in [0.25, 0.3) is 17.3 Å². The first-order valence-corrected chi connectivity index (χ1v) is 13.0. The Bertz CT molecular complexity index is 1380. The van der Waals surface area contributed by atoms with Crippen molar-refractivity contribution >= 4 is 28.5 Å². The summed E-state index contributed by atoms with van der Waals surface area (Å²) in [5.74, 6) is 1.04. The quantitative estimate of drug-likeness (QED) is 0.269. The van der Waals surface area contributed by atoms with Gasteiger partial charge in [0, 0.05) is 17.0 Å². The molecule has 1 heterocycles. The number of nitrogens with zero attached hydrogens (tertiary/aromatic N) is 1. The summed E-state index contributed by atoms with van der Waals surface area (Å²) >= 11 is 1.43. The zero-order valence-electron chi connectivity index (χ0n) is 20.2. The van der Waals surface area contributed by atoms with Crippen molar-refractivity contribution in [3.63, 3.8) is 0 Å². The van der Waals surface area contributed by atoms with Gasteiger partial charge in [-0.2, -0.15) is 0 Å². The summed E-state index contributed by atoms with van der Waals surface area (Å²) < 4.78 is 11.4. The molecule has 1 aromatic heterocycles. The Labute approximate surface area is 215 Å². The summed E-state index contributed by atoms with van der Waals surface area (Å²) in [5.41, 5.74) is 6.78. The summed E-state index contributed by atoms with van der Waals surface area (Å²) in [7, 11) is 1.60. The van der Waals surface area contributed by atoms with Crippen LogP contribution in [-0.2, 0) is 24.2 Å². The van der Waals surface area contributed by atoms with Crippen LogP contribution in [0.2, 0.25) is 0 Å². The second kappa shape index (κ2) is 11.2. The Morgan fingerprint density at radius 2 is 1.83 bits per heavy atom. The number of hydrogen-bond donors (Lipinski definition) is 1. The topological polar surface area (TPSA) is 60.5 Å². The third kappa shape index (κ3) is 5.83. The zero-order chi connectivity index (χ0) is 24.7. The lowest BCUT2D eigenvalue weighted by Gasteiger charge is -2.16. The average molecular weight is 497 g/mol. The Morgan fingerprint density at radius 3 is 2.67 bits per heavy atom. The number of hydrogen-bond acceptors (Lipinski definition) is 5. The summed E-state index contributed by atoms with van der Waals surface area (Å²) in [6.07, 6.45) is 8.06. The van der Waals surface area contributed by atoms with Crippen LogP contribution >= 0.6 is 11.3 Å². The number of benzene rings is 3. The number of rotatable bonds is 8. The van der Waals surface area contributed by atoms with Gasteiger partial charge in [-0.05, 0) is 72.2 Å². The van der Waals surface area contributed by atoms with Crippen molar-refractivity contribution in [3.05, 3.63) is 100 Å². The molecular formula is C30H28N2O3S. The molecule has 5 nitrogen and oxygen atoms in total. The molecular weight excluding hydrogens is 468 g/mol. The second-order valence-corrected chi connectivity index (χ2v) is 9.59. The molecule has 0 atom stereocenters. The fraction of sp³-hybridized carbons (Fsp3) is 0.200. The summed E-state index contributed by atoms with van der Waals surface area (Å²) in [5, 5.41) is 5.44. The van der Waals surface area contributed by atoms with Crippen LogP contribution in [-0.4, -0.2) is 18.0 Å². The molecule has 0 spiro atoms. The standard InChI is InChI=1S/C30H28N2O3S/c1-34-28-17-21(11-15-27(28)35-19-22-7-3-2-4-8-22)12-16-29(33)32-30-31-26(20-36-30)25-14-13-23-9-5-6-10-24(23)18-25/h2-4,7-8,11-18,20H,5-6,9-10,19H2,1H3,(H,31,32,33)/b16-12+. The zero-order valence-corrected chi connectivity index (χ0v) is 21.0. The van der Waals surface area contributed by atoms with E-state index in [1.807, 2.05) is 53.9 Å². The maximum absolute atomic E-state index is 12.5. The number of fused-ring (bicyclic) bond motifs is 1. The van der Waals surface area contributed by atoms with Crippen molar-refractivity contribution in [2.75, 3.05) is 12.4 Å². The molecule has 6 heteroatoms. The van der Waals surface area contributed by atoms with Crippen LogP contribution in [0.5, 0.6) is 11.5 Å². The minimum atomic E-state index is -0.232. The Kier molecular flexibility index (Phi) is 7.43. The molecule has 36 heavy (non-hydrogen) atoms. The van der Waals surface area contributed by atoms with Crippen LogP contribution in [0, 0.1) is 0 Å². The fourth-order valence-corrected chi connectivity index (χ4v) is 5.04. The lowest BCUT2D eigenvalue weighted by atomic mass is 9.90. The van der Waals surface area contributed by atoms with E-state index in [4.69, 9.17) is 9.47 Å². The van der Waals surface area contributed by atoms with E-state index in [0.29, 0.717) is 23.2 Å². The summed E-state index contributed by atoms with van der Waals surface area (Å²) in [4.78, 5) is 17.1. The summed E-state index contributed by atoms with van der Waals surface area (Å²) in [6, 6.07) is 22.2. The molecule has 0 aliphatic heterocycles. The van der Waals surface area contributed by atoms with E-state index in [1.54, 1.807) is 13.2 Å². The Hall–Kier alpha value is -3.90. The minimum absolute atomic E-state index is 0.232. The van der Waals surface area contributed by atoms with E-state index in [1.165, 1.54) is 41.4 Å². The lowest BCUT2D eigenvalue weighted by Crippen LogP contribution is -2.07. The monoisotopic (exact) mass is 496 g/mol. The number of aryl methyl sites for hydroxylation is 2. The van der Waals surface area contributed by atoms with Gasteiger partial charge in [-0.3, -0.25) is 10.1 Å². The van der Waals surface area contributed by atoms with Gasteiger partial charge in [-0.15, -0.1) is 11.3 Å². The number of anilines is 1. The molecule has 1 amide bonds. The smallest absolute Gasteiger partial charge is 0.250 e. The van der Waals surface area contributed by atoms with Crippen LogP contribution in [0.1, 0.15) is 35.1 Å². The third-order valence-corrected chi connectivity index (χ3v) is 6.99. The van der Waals surface area contributed by atoms with Crippen LogP contribution in [0.15, 0.2) is 78.2 Å². The number of ether oxygens (including phenoxy) is 2. The molecule has 1 aliphatic rings. The first-order valence-electron chi connectivity index (χ1n) is 12.1. The number of carbonyl (C=O) groups excluding carboxylic acids is 1. The number of thiazole rings is 1. The van der Waals surface area contributed by atoms with Gasteiger partial charge in [-0.25, -0.2) is 4.98 Å². The largest absolute Gasteiger partial charge is 0.493 e. The average Bonchev–Trinajstić information content (AvgIpc) is 3.39. The van der Waals surface area contributed by atoms with Crippen molar-refractivity contribution in [1.82, 2.24) is 4.98 Å². The van der Waals surface area contributed by atoms with Gasteiger partial charge in [-0.1, -0.05) is 48.5 Å². The third-order valence-electron chi connectivity index (χ3n) is 6.23. The normalized spacial score (nSPS) is 12.8. The maximum atomic E-state index is 12.5. The van der Waals surface area contributed by atoms with Crippen molar-refractivity contribution in [3.8, 4) is 22.8 Å². The predicted molar refractivity (Wildman–Crippen MR) is 146 cm³/mol. The van der Waals surface area contributed by atoms with Gasteiger partial charge in [0.05, 0.1) is 12.8 Å². The molecule has 182 valence electrons. The van der Waals surface area contributed by atoms with Crippen molar-refractivity contribution in [2.24, 2.45) is 0 Å². The highest BCUT2D eigenvalue weighted by Crippen LogP contribution is 2.31. The molecule has 0 radical (unpaired) electrons. The van der Waals surface area contributed by atoms with E-state index >= 15 is 0 Å². The molecule has 0 fully saturated rings. The first-order chi connectivity index (χ1) is 17.7. The van der Waals surface area contributed by atoms with Gasteiger partial charge in [0.15, 0.2) is 16.6 Å². The lowest BCUT2D eigenvalue weighted by molar-refractivity contribution is -0.111. The molecule has 5 rings (SSSR count). The van der Waals surface area contributed by atoms with Crippen molar-refractivity contribution in [1.29, 1.82) is 0 Å². The Morgan fingerprint density at radius 1 is 1.00 bits per heavy atom. The molecule has 4 aromatic rings. The van der Waals surface area contributed by atoms with E-state index in [0.717, 1.165) is 35.2 Å². The predicted octanol–water partition coefficient (Wildman–Crippen LogP) is 6.93. The fourth-order valence-electron chi connectivity index (χ4n) is 4.32. The number of amides is 1. The van der Waals surface area contributed by atoms with Crippen molar-refractivity contribution < 1.29 is 14.3 Å².